The lowest BCUT2D eigenvalue weighted by Gasteiger charge is -2.26. The van der Waals surface area contributed by atoms with Crippen molar-refractivity contribution in [1.29, 1.82) is 0 Å². The summed E-state index contributed by atoms with van der Waals surface area (Å²) in [5, 5.41) is 3.20. The molecule has 1 heterocycles. The Labute approximate surface area is 117 Å². The third-order valence-electron chi connectivity index (χ3n) is 4.36. The first-order valence-corrected chi connectivity index (χ1v) is 7.60. The summed E-state index contributed by atoms with van der Waals surface area (Å²) in [6, 6.07) is 0. The number of hydrogen-bond acceptors (Lipinski definition) is 3. The molecule has 1 aliphatic rings. The summed E-state index contributed by atoms with van der Waals surface area (Å²) in [6.45, 7) is 7.61. The van der Waals surface area contributed by atoms with Crippen LogP contribution in [0.5, 0.6) is 0 Å². The van der Waals surface area contributed by atoms with Gasteiger partial charge in [-0.1, -0.05) is 19.8 Å². The minimum absolute atomic E-state index is 0.583. The Morgan fingerprint density at radius 1 is 1.16 bits per heavy atom. The zero-order valence-electron chi connectivity index (χ0n) is 12.8. The molecule has 0 radical (unpaired) electrons. The Bertz CT molecular complexity index is 405. The molecule has 2 unspecified atom stereocenters. The lowest BCUT2D eigenvalue weighted by Crippen LogP contribution is -2.18. The molecule has 1 N–H and O–H groups in total. The number of aryl methyl sites for hydroxylation is 2. The third kappa shape index (κ3) is 3.53. The van der Waals surface area contributed by atoms with Gasteiger partial charge in [0.15, 0.2) is 0 Å². The van der Waals surface area contributed by atoms with E-state index in [9.17, 15) is 0 Å². The zero-order chi connectivity index (χ0) is 13.8. The quantitative estimate of drug-likeness (QED) is 0.904. The Morgan fingerprint density at radius 2 is 1.84 bits per heavy atom. The van der Waals surface area contributed by atoms with Crippen LogP contribution in [0, 0.1) is 19.8 Å². The maximum absolute atomic E-state index is 4.81. The highest BCUT2D eigenvalue weighted by Crippen LogP contribution is 2.34. The topological polar surface area (TPSA) is 37.8 Å². The third-order valence-corrected chi connectivity index (χ3v) is 4.36. The molecule has 3 nitrogen and oxygen atoms in total. The van der Waals surface area contributed by atoms with Crippen molar-refractivity contribution in [2.45, 2.75) is 58.8 Å². The average molecular weight is 261 g/mol. The molecule has 0 spiro atoms. The second kappa shape index (κ2) is 6.47. The lowest BCUT2D eigenvalue weighted by atomic mass is 9.82. The van der Waals surface area contributed by atoms with Crippen molar-refractivity contribution < 1.29 is 0 Å². The highest BCUT2D eigenvalue weighted by molar-refractivity contribution is 5.25. The second-order valence-corrected chi connectivity index (χ2v) is 6.05. The van der Waals surface area contributed by atoms with Crippen LogP contribution in [-0.2, 0) is 6.42 Å². The van der Waals surface area contributed by atoms with E-state index in [2.05, 4.69) is 26.1 Å². The van der Waals surface area contributed by atoms with Gasteiger partial charge in [0.25, 0.3) is 0 Å². The molecule has 2 atom stereocenters. The molecular weight excluding hydrogens is 234 g/mol. The van der Waals surface area contributed by atoms with Gasteiger partial charge in [-0.3, -0.25) is 0 Å². The molecule has 0 saturated heterocycles. The molecule has 1 aromatic rings. The van der Waals surface area contributed by atoms with Crippen LogP contribution >= 0.6 is 0 Å². The van der Waals surface area contributed by atoms with Gasteiger partial charge in [-0.25, -0.2) is 9.97 Å². The van der Waals surface area contributed by atoms with Crippen molar-refractivity contribution in [2.75, 3.05) is 13.6 Å². The monoisotopic (exact) mass is 261 g/mol. The van der Waals surface area contributed by atoms with Crippen LogP contribution in [0.25, 0.3) is 0 Å². The van der Waals surface area contributed by atoms with Gasteiger partial charge < -0.3 is 5.32 Å². The molecule has 1 fully saturated rings. The molecule has 0 amide bonds. The van der Waals surface area contributed by atoms with Crippen molar-refractivity contribution in [3.63, 3.8) is 0 Å². The molecule has 0 aromatic carbocycles. The van der Waals surface area contributed by atoms with E-state index in [1.165, 1.54) is 42.6 Å². The van der Waals surface area contributed by atoms with E-state index >= 15 is 0 Å². The summed E-state index contributed by atoms with van der Waals surface area (Å²) >= 11 is 0. The predicted molar refractivity (Wildman–Crippen MR) is 79.5 cm³/mol. The van der Waals surface area contributed by atoms with E-state index in [0.717, 1.165) is 24.7 Å². The molecule has 19 heavy (non-hydrogen) atoms. The van der Waals surface area contributed by atoms with Crippen LogP contribution in [0.1, 0.15) is 61.3 Å². The van der Waals surface area contributed by atoms with Gasteiger partial charge in [0.05, 0.1) is 0 Å². The molecule has 3 heteroatoms. The molecule has 1 aliphatic carbocycles. The van der Waals surface area contributed by atoms with Crippen molar-refractivity contribution in [3.05, 3.63) is 22.8 Å². The number of nitrogens with zero attached hydrogens (tertiary/aromatic N) is 2. The Balaban J connectivity index is 2.18. The van der Waals surface area contributed by atoms with E-state index in [1.54, 1.807) is 0 Å². The second-order valence-electron chi connectivity index (χ2n) is 6.05. The standard InChI is InChI=1S/C16H27N3/c1-11-6-5-7-14(10-11)16-18-12(2)15(8-9-17-4)13(3)19-16/h11,14,17H,5-10H2,1-4H3. The number of nitrogens with one attached hydrogen (secondary N) is 1. The first-order valence-electron chi connectivity index (χ1n) is 7.60. The molecule has 1 saturated carbocycles. The highest BCUT2D eigenvalue weighted by Gasteiger charge is 2.23. The molecular formula is C16H27N3. The van der Waals surface area contributed by atoms with E-state index in [-0.39, 0.29) is 0 Å². The van der Waals surface area contributed by atoms with Crippen molar-refractivity contribution in [2.24, 2.45) is 5.92 Å². The van der Waals surface area contributed by atoms with Crippen LogP contribution in [0.15, 0.2) is 0 Å². The molecule has 1 aromatic heterocycles. The molecule has 2 rings (SSSR count). The molecule has 0 bridgehead atoms. The van der Waals surface area contributed by atoms with Gasteiger partial charge in [0.1, 0.15) is 5.82 Å². The summed E-state index contributed by atoms with van der Waals surface area (Å²) in [6.07, 6.45) is 6.24. The van der Waals surface area contributed by atoms with Crippen LogP contribution in [0.2, 0.25) is 0 Å². The van der Waals surface area contributed by atoms with Crippen LogP contribution in [0.3, 0.4) is 0 Å². The SMILES string of the molecule is CNCCc1c(C)nc(C2CCCC(C)C2)nc1C. The van der Waals surface area contributed by atoms with Gasteiger partial charge >= 0.3 is 0 Å². The Kier molecular flexibility index (Phi) is 4.92. The minimum Gasteiger partial charge on any atom is -0.319 e. The number of likely N-dealkylation sites (N-methyl/N-ethyl adjacent to an activating group) is 1. The van der Waals surface area contributed by atoms with Gasteiger partial charge in [-0.2, -0.15) is 0 Å². The lowest BCUT2D eigenvalue weighted by molar-refractivity contribution is 0.334. The number of aromatic nitrogens is 2. The summed E-state index contributed by atoms with van der Waals surface area (Å²) in [7, 11) is 1.99. The van der Waals surface area contributed by atoms with E-state index in [1.807, 2.05) is 7.05 Å². The smallest absolute Gasteiger partial charge is 0.131 e. The first-order chi connectivity index (χ1) is 9.11. The maximum atomic E-state index is 4.81. The zero-order valence-corrected chi connectivity index (χ0v) is 12.8. The van der Waals surface area contributed by atoms with Gasteiger partial charge in [0.2, 0.25) is 0 Å². The Hall–Kier alpha value is -0.960. The summed E-state index contributed by atoms with van der Waals surface area (Å²) in [4.78, 5) is 9.61. The largest absolute Gasteiger partial charge is 0.319 e. The molecule has 106 valence electrons. The highest BCUT2D eigenvalue weighted by atomic mass is 14.9. The fourth-order valence-corrected chi connectivity index (χ4v) is 3.23. The predicted octanol–water partition coefficient (Wildman–Crippen LogP) is 3.15. The fraction of sp³-hybridized carbons (Fsp3) is 0.750. The maximum Gasteiger partial charge on any atom is 0.131 e. The van der Waals surface area contributed by atoms with Gasteiger partial charge in [0, 0.05) is 17.3 Å². The molecule has 0 aliphatic heterocycles. The van der Waals surface area contributed by atoms with Crippen LogP contribution < -0.4 is 5.32 Å². The van der Waals surface area contributed by atoms with E-state index in [4.69, 9.17) is 9.97 Å². The Morgan fingerprint density at radius 3 is 2.42 bits per heavy atom. The van der Waals surface area contributed by atoms with E-state index < -0.39 is 0 Å². The van der Waals surface area contributed by atoms with Crippen molar-refractivity contribution in [1.82, 2.24) is 15.3 Å². The van der Waals surface area contributed by atoms with Gasteiger partial charge in [-0.15, -0.1) is 0 Å². The number of hydrogen-bond donors (Lipinski definition) is 1. The van der Waals surface area contributed by atoms with Gasteiger partial charge in [-0.05, 0) is 58.2 Å². The average Bonchev–Trinajstić information content (AvgIpc) is 2.37. The summed E-state index contributed by atoms with van der Waals surface area (Å²) in [5.74, 6) is 2.50. The van der Waals surface area contributed by atoms with E-state index in [0.29, 0.717) is 5.92 Å². The fourth-order valence-electron chi connectivity index (χ4n) is 3.23. The number of rotatable bonds is 4. The van der Waals surface area contributed by atoms with Crippen molar-refractivity contribution >= 4 is 0 Å². The van der Waals surface area contributed by atoms with Crippen molar-refractivity contribution in [3.8, 4) is 0 Å². The first kappa shape index (κ1) is 14.4. The minimum atomic E-state index is 0.583. The summed E-state index contributed by atoms with van der Waals surface area (Å²) < 4.78 is 0. The normalized spacial score (nSPS) is 23.6. The van der Waals surface area contributed by atoms with Crippen LogP contribution in [-0.4, -0.2) is 23.6 Å². The van der Waals surface area contributed by atoms with Crippen LogP contribution in [0.4, 0.5) is 0 Å². The summed E-state index contributed by atoms with van der Waals surface area (Å²) in [5.41, 5.74) is 3.67.